The number of hydrogen-bond donors (Lipinski definition) is 1. The number of nitrogens with zero attached hydrogens (tertiary/aromatic N) is 4. The van der Waals surface area contributed by atoms with Crippen LogP contribution in [0, 0.1) is 5.41 Å². The standard InChI is InChI=1S/C14H15F3N4O3/c1-24-8-13(12(22)23)2-4-20(7-13)11-9-6-10(14(15,16)17)19-21(9)5-3-18-11/h3,5-6H,2,4,7-8H2,1H3,(H,22,23). The molecule has 7 nitrogen and oxygen atoms in total. The number of hydrogen-bond acceptors (Lipinski definition) is 5. The number of rotatable bonds is 4. The van der Waals surface area contributed by atoms with Crippen molar-refractivity contribution in [3.8, 4) is 0 Å². The molecule has 0 aromatic carbocycles. The Kier molecular flexibility index (Phi) is 3.86. The summed E-state index contributed by atoms with van der Waals surface area (Å²) >= 11 is 0. The smallest absolute Gasteiger partial charge is 0.435 e. The molecule has 1 aliphatic rings. The molecule has 1 N–H and O–H groups in total. The molecule has 1 fully saturated rings. The summed E-state index contributed by atoms with van der Waals surface area (Å²) in [5.41, 5.74) is -1.93. The third-order valence-corrected chi connectivity index (χ3v) is 4.19. The normalized spacial score (nSPS) is 21.6. The maximum Gasteiger partial charge on any atom is 0.435 e. The largest absolute Gasteiger partial charge is 0.481 e. The van der Waals surface area contributed by atoms with Crippen LogP contribution in [0.2, 0.25) is 0 Å². The predicted octanol–water partition coefficient (Wildman–Crippen LogP) is 1.68. The van der Waals surface area contributed by atoms with Crippen molar-refractivity contribution in [2.45, 2.75) is 12.6 Å². The lowest BCUT2D eigenvalue weighted by atomic mass is 9.88. The summed E-state index contributed by atoms with van der Waals surface area (Å²) in [4.78, 5) is 17.4. The number of carbonyl (C=O) groups is 1. The predicted molar refractivity (Wildman–Crippen MR) is 76.8 cm³/mol. The molecular weight excluding hydrogens is 329 g/mol. The maximum absolute atomic E-state index is 12.9. The Bertz CT molecular complexity index is 776. The van der Waals surface area contributed by atoms with Crippen molar-refractivity contribution >= 4 is 17.3 Å². The van der Waals surface area contributed by atoms with Crippen molar-refractivity contribution in [2.75, 3.05) is 31.7 Å². The summed E-state index contributed by atoms with van der Waals surface area (Å²) in [5.74, 6) is -0.719. The van der Waals surface area contributed by atoms with E-state index in [9.17, 15) is 23.1 Å². The summed E-state index contributed by atoms with van der Waals surface area (Å²) in [6, 6.07) is 0.916. The quantitative estimate of drug-likeness (QED) is 0.909. The minimum atomic E-state index is -4.56. The molecule has 0 spiro atoms. The second kappa shape index (κ2) is 5.62. The number of alkyl halides is 3. The highest BCUT2D eigenvalue weighted by atomic mass is 19.4. The summed E-state index contributed by atoms with van der Waals surface area (Å²) < 4.78 is 44.7. The van der Waals surface area contributed by atoms with Gasteiger partial charge in [-0.15, -0.1) is 0 Å². The number of fused-ring (bicyclic) bond motifs is 1. The van der Waals surface area contributed by atoms with Crippen molar-refractivity contribution in [3.63, 3.8) is 0 Å². The van der Waals surface area contributed by atoms with E-state index in [1.165, 1.54) is 19.5 Å². The van der Waals surface area contributed by atoms with Crippen LogP contribution in [0.4, 0.5) is 19.0 Å². The van der Waals surface area contributed by atoms with E-state index in [1.807, 2.05) is 0 Å². The number of carboxylic acids is 1. The number of carboxylic acid groups (broad SMARTS) is 1. The first-order valence-electron chi connectivity index (χ1n) is 7.16. The van der Waals surface area contributed by atoms with Crippen LogP contribution in [0.5, 0.6) is 0 Å². The molecule has 24 heavy (non-hydrogen) atoms. The van der Waals surface area contributed by atoms with E-state index in [-0.39, 0.29) is 24.5 Å². The molecule has 0 bridgehead atoms. The Labute approximate surface area is 134 Å². The number of halogens is 3. The Morgan fingerprint density at radius 3 is 2.88 bits per heavy atom. The Balaban J connectivity index is 1.99. The molecule has 1 atom stereocenters. The Morgan fingerprint density at radius 1 is 1.50 bits per heavy atom. The van der Waals surface area contributed by atoms with Crippen LogP contribution in [0.25, 0.3) is 5.52 Å². The van der Waals surface area contributed by atoms with Crippen LogP contribution in [-0.2, 0) is 15.7 Å². The number of methoxy groups -OCH3 is 1. The molecular formula is C14H15F3N4O3. The first-order chi connectivity index (χ1) is 11.3. The zero-order valence-corrected chi connectivity index (χ0v) is 12.7. The molecule has 1 unspecified atom stereocenters. The molecule has 0 amide bonds. The van der Waals surface area contributed by atoms with Gasteiger partial charge in [0.15, 0.2) is 11.5 Å². The fraction of sp³-hybridized carbons (Fsp3) is 0.500. The molecule has 0 saturated carbocycles. The molecule has 3 rings (SSSR count). The zero-order valence-electron chi connectivity index (χ0n) is 12.7. The monoisotopic (exact) mass is 344 g/mol. The van der Waals surface area contributed by atoms with Crippen LogP contribution in [0.3, 0.4) is 0 Å². The van der Waals surface area contributed by atoms with Crippen molar-refractivity contribution in [1.29, 1.82) is 0 Å². The third kappa shape index (κ3) is 2.66. The lowest BCUT2D eigenvalue weighted by molar-refractivity contribution is -0.150. The van der Waals surface area contributed by atoms with Gasteiger partial charge in [0.25, 0.3) is 0 Å². The average molecular weight is 344 g/mol. The van der Waals surface area contributed by atoms with E-state index in [0.717, 1.165) is 10.6 Å². The highest BCUT2D eigenvalue weighted by Crippen LogP contribution is 2.36. The van der Waals surface area contributed by atoms with Gasteiger partial charge in [0.05, 0.1) is 6.61 Å². The lowest BCUT2D eigenvalue weighted by Crippen LogP contribution is -2.38. The molecule has 2 aromatic heterocycles. The average Bonchev–Trinajstić information content (AvgIpc) is 3.11. The van der Waals surface area contributed by atoms with E-state index < -0.39 is 23.3 Å². The number of ether oxygens (including phenoxy) is 1. The van der Waals surface area contributed by atoms with E-state index >= 15 is 0 Å². The van der Waals surface area contributed by atoms with Crippen LogP contribution in [0.1, 0.15) is 12.1 Å². The van der Waals surface area contributed by atoms with Gasteiger partial charge in [-0.25, -0.2) is 9.50 Å². The van der Waals surface area contributed by atoms with Crippen LogP contribution in [0.15, 0.2) is 18.5 Å². The number of aliphatic carboxylic acids is 1. The SMILES string of the molecule is COCC1(C(=O)O)CCN(c2nccn3nc(C(F)(F)F)cc23)C1. The third-order valence-electron chi connectivity index (χ3n) is 4.19. The van der Waals surface area contributed by atoms with Gasteiger partial charge in [0.2, 0.25) is 0 Å². The maximum atomic E-state index is 12.9. The summed E-state index contributed by atoms with van der Waals surface area (Å²) in [5, 5.41) is 13.0. The van der Waals surface area contributed by atoms with Crippen molar-refractivity contribution in [1.82, 2.24) is 14.6 Å². The van der Waals surface area contributed by atoms with Crippen molar-refractivity contribution in [2.24, 2.45) is 5.41 Å². The molecule has 2 aromatic rings. The van der Waals surface area contributed by atoms with E-state index in [1.54, 1.807) is 4.90 Å². The van der Waals surface area contributed by atoms with E-state index in [2.05, 4.69) is 10.1 Å². The first-order valence-corrected chi connectivity index (χ1v) is 7.16. The number of anilines is 1. The molecule has 1 aliphatic heterocycles. The van der Waals surface area contributed by atoms with Crippen molar-refractivity contribution < 1.29 is 27.8 Å². The second-order valence-corrected chi connectivity index (χ2v) is 5.80. The van der Waals surface area contributed by atoms with E-state index in [4.69, 9.17) is 4.74 Å². The second-order valence-electron chi connectivity index (χ2n) is 5.80. The Hall–Kier alpha value is -2.36. The minimum Gasteiger partial charge on any atom is -0.481 e. The molecule has 0 aliphatic carbocycles. The molecule has 1 saturated heterocycles. The van der Waals surface area contributed by atoms with Gasteiger partial charge in [0.1, 0.15) is 10.9 Å². The highest BCUT2D eigenvalue weighted by molar-refractivity contribution is 5.78. The molecule has 130 valence electrons. The van der Waals surface area contributed by atoms with Gasteiger partial charge in [0, 0.05) is 38.7 Å². The lowest BCUT2D eigenvalue weighted by Gasteiger charge is -2.24. The summed E-state index contributed by atoms with van der Waals surface area (Å²) in [6.45, 7) is 0.485. The molecule has 10 heteroatoms. The fourth-order valence-corrected chi connectivity index (χ4v) is 2.97. The van der Waals surface area contributed by atoms with Crippen LogP contribution in [-0.4, -0.2) is 52.5 Å². The van der Waals surface area contributed by atoms with Gasteiger partial charge >= 0.3 is 12.1 Å². The summed E-state index contributed by atoms with van der Waals surface area (Å²) in [7, 11) is 1.42. The highest BCUT2D eigenvalue weighted by Gasteiger charge is 2.46. The topological polar surface area (TPSA) is 80.0 Å². The van der Waals surface area contributed by atoms with E-state index in [0.29, 0.717) is 13.0 Å². The van der Waals surface area contributed by atoms with Gasteiger partial charge in [-0.05, 0) is 6.42 Å². The van der Waals surface area contributed by atoms with Crippen LogP contribution < -0.4 is 4.90 Å². The minimum absolute atomic E-state index is 0.0228. The molecule has 0 radical (unpaired) electrons. The summed E-state index contributed by atoms with van der Waals surface area (Å²) in [6.07, 6.45) is -1.58. The zero-order chi connectivity index (χ0) is 17.5. The van der Waals surface area contributed by atoms with Crippen molar-refractivity contribution in [3.05, 3.63) is 24.2 Å². The van der Waals surface area contributed by atoms with Crippen LogP contribution >= 0.6 is 0 Å². The Morgan fingerprint density at radius 2 is 2.25 bits per heavy atom. The fourth-order valence-electron chi connectivity index (χ4n) is 2.97. The van der Waals surface area contributed by atoms with Gasteiger partial charge in [-0.1, -0.05) is 0 Å². The van der Waals surface area contributed by atoms with Gasteiger partial charge < -0.3 is 14.7 Å². The van der Waals surface area contributed by atoms with Gasteiger partial charge in [-0.2, -0.15) is 18.3 Å². The van der Waals surface area contributed by atoms with Gasteiger partial charge in [-0.3, -0.25) is 4.79 Å². The first kappa shape index (κ1) is 16.5. The molecule has 3 heterocycles. The number of aromatic nitrogens is 3.